The van der Waals surface area contributed by atoms with E-state index < -0.39 is 0 Å². The fourth-order valence-electron chi connectivity index (χ4n) is 1.57. The maximum Gasteiger partial charge on any atom is 0.142 e. The summed E-state index contributed by atoms with van der Waals surface area (Å²) in [5.74, 6) is 1.31. The van der Waals surface area contributed by atoms with Crippen LogP contribution in [-0.4, -0.2) is 11.0 Å². The Morgan fingerprint density at radius 2 is 2.50 bits per heavy atom. The molecule has 14 heavy (non-hydrogen) atoms. The smallest absolute Gasteiger partial charge is 0.142 e. The van der Waals surface area contributed by atoms with Crippen molar-refractivity contribution in [3.8, 4) is 0 Å². The van der Waals surface area contributed by atoms with E-state index in [2.05, 4.69) is 39.8 Å². The summed E-state index contributed by atoms with van der Waals surface area (Å²) in [6.07, 6.45) is 3.68. The molecule has 0 radical (unpaired) electrons. The fourth-order valence-corrected chi connectivity index (χ4v) is 2.16. The lowest BCUT2D eigenvalue weighted by Crippen LogP contribution is -2.07. The van der Waals surface area contributed by atoms with Crippen molar-refractivity contribution in [2.24, 2.45) is 5.92 Å². The van der Waals surface area contributed by atoms with Crippen LogP contribution in [0.3, 0.4) is 0 Å². The van der Waals surface area contributed by atoms with Gasteiger partial charge in [-0.2, -0.15) is 0 Å². The van der Waals surface area contributed by atoms with E-state index >= 15 is 0 Å². The molecule has 1 aromatic rings. The molecule has 1 fully saturated rings. The molecule has 76 valence electrons. The van der Waals surface area contributed by atoms with Crippen LogP contribution in [0, 0.1) is 15.3 Å². The molecule has 0 bridgehead atoms. The SMILES string of the molecule is CCC1CC1Nc1ncc(F)cc1I. The molecule has 1 heterocycles. The van der Waals surface area contributed by atoms with Gasteiger partial charge in [-0.1, -0.05) is 13.3 Å². The van der Waals surface area contributed by atoms with Gasteiger partial charge in [-0.25, -0.2) is 9.37 Å². The van der Waals surface area contributed by atoms with E-state index in [-0.39, 0.29) is 5.82 Å². The second-order valence-electron chi connectivity index (χ2n) is 3.64. The van der Waals surface area contributed by atoms with Gasteiger partial charge < -0.3 is 5.32 Å². The van der Waals surface area contributed by atoms with Crippen LogP contribution in [-0.2, 0) is 0 Å². The van der Waals surface area contributed by atoms with Crippen molar-refractivity contribution in [2.45, 2.75) is 25.8 Å². The van der Waals surface area contributed by atoms with Gasteiger partial charge in [0.2, 0.25) is 0 Å². The van der Waals surface area contributed by atoms with E-state index in [9.17, 15) is 4.39 Å². The number of halogens is 2. The van der Waals surface area contributed by atoms with Crippen molar-refractivity contribution in [1.82, 2.24) is 4.98 Å². The van der Waals surface area contributed by atoms with Crippen molar-refractivity contribution >= 4 is 28.4 Å². The van der Waals surface area contributed by atoms with E-state index in [1.165, 1.54) is 25.1 Å². The van der Waals surface area contributed by atoms with Gasteiger partial charge in [0, 0.05) is 6.04 Å². The first kappa shape index (κ1) is 10.1. The number of rotatable bonds is 3. The molecule has 4 heteroatoms. The monoisotopic (exact) mass is 306 g/mol. The van der Waals surface area contributed by atoms with Gasteiger partial charge in [0.25, 0.3) is 0 Å². The lowest BCUT2D eigenvalue weighted by atomic mass is 10.3. The third-order valence-corrected chi connectivity index (χ3v) is 3.40. The summed E-state index contributed by atoms with van der Waals surface area (Å²) in [6.45, 7) is 2.19. The van der Waals surface area contributed by atoms with Gasteiger partial charge in [0.05, 0.1) is 9.77 Å². The summed E-state index contributed by atoms with van der Waals surface area (Å²) in [5.41, 5.74) is 0. The summed E-state index contributed by atoms with van der Waals surface area (Å²) < 4.78 is 13.6. The summed E-state index contributed by atoms with van der Waals surface area (Å²) in [4.78, 5) is 4.03. The fraction of sp³-hybridized carbons (Fsp3) is 0.500. The molecule has 1 N–H and O–H groups in total. The predicted octanol–water partition coefficient (Wildman–Crippen LogP) is 3.04. The van der Waals surface area contributed by atoms with E-state index in [1.807, 2.05) is 0 Å². The average molecular weight is 306 g/mol. The normalized spacial score (nSPS) is 24.8. The number of aromatic nitrogens is 1. The molecule has 2 rings (SSSR count). The molecule has 0 aromatic carbocycles. The van der Waals surface area contributed by atoms with Crippen molar-refractivity contribution < 1.29 is 4.39 Å². The van der Waals surface area contributed by atoms with E-state index in [0.29, 0.717) is 6.04 Å². The van der Waals surface area contributed by atoms with Gasteiger partial charge in [-0.3, -0.25) is 0 Å². The number of pyridine rings is 1. The number of hydrogen-bond donors (Lipinski definition) is 1. The maximum atomic E-state index is 12.7. The molecular formula is C10H12FIN2. The Balaban J connectivity index is 2.03. The highest BCUT2D eigenvalue weighted by molar-refractivity contribution is 14.1. The highest BCUT2D eigenvalue weighted by Crippen LogP contribution is 2.36. The third-order valence-electron chi connectivity index (χ3n) is 2.58. The third kappa shape index (κ3) is 2.16. The molecule has 2 nitrogen and oxygen atoms in total. The first-order chi connectivity index (χ1) is 6.70. The zero-order valence-electron chi connectivity index (χ0n) is 7.93. The zero-order chi connectivity index (χ0) is 10.1. The quantitative estimate of drug-likeness (QED) is 0.868. The summed E-state index contributed by atoms with van der Waals surface area (Å²) >= 11 is 2.10. The average Bonchev–Trinajstić information content (AvgIpc) is 2.89. The van der Waals surface area contributed by atoms with Crippen LogP contribution < -0.4 is 5.32 Å². The molecule has 1 aliphatic carbocycles. The second-order valence-corrected chi connectivity index (χ2v) is 4.80. The Morgan fingerprint density at radius 3 is 3.07 bits per heavy atom. The van der Waals surface area contributed by atoms with Crippen LogP contribution in [0.5, 0.6) is 0 Å². The van der Waals surface area contributed by atoms with Gasteiger partial charge in [0.15, 0.2) is 0 Å². The van der Waals surface area contributed by atoms with Crippen LogP contribution in [0.4, 0.5) is 10.2 Å². The number of nitrogens with zero attached hydrogens (tertiary/aromatic N) is 1. The Bertz CT molecular complexity index is 343. The molecule has 1 saturated carbocycles. The highest BCUT2D eigenvalue weighted by atomic mass is 127. The number of anilines is 1. The van der Waals surface area contributed by atoms with E-state index in [1.54, 1.807) is 0 Å². The van der Waals surface area contributed by atoms with Crippen LogP contribution in [0.2, 0.25) is 0 Å². The predicted molar refractivity (Wildman–Crippen MR) is 62.7 cm³/mol. The van der Waals surface area contributed by atoms with E-state index in [4.69, 9.17) is 0 Å². The minimum atomic E-state index is -0.275. The molecule has 1 aliphatic rings. The second kappa shape index (κ2) is 4.00. The molecule has 2 atom stereocenters. The standard InChI is InChI=1S/C10H12FIN2/c1-2-6-3-9(6)14-10-8(12)4-7(11)5-13-10/h4-6,9H,2-3H2,1H3,(H,13,14). The van der Waals surface area contributed by atoms with Crippen LogP contribution in [0.25, 0.3) is 0 Å². The molecule has 0 aliphatic heterocycles. The molecule has 1 aromatic heterocycles. The summed E-state index contributed by atoms with van der Waals surface area (Å²) in [7, 11) is 0. The van der Waals surface area contributed by atoms with Crippen LogP contribution in [0.15, 0.2) is 12.3 Å². The van der Waals surface area contributed by atoms with Gasteiger partial charge in [-0.05, 0) is 41.0 Å². The molecule has 0 spiro atoms. The lowest BCUT2D eigenvalue weighted by molar-refractivity contribution is 0.620. The maximum absolute atomic E-state index is 12.7. The summed E-state index contributed by atoms with van der Waals surface area (Å²) in [6, 6.07) is 2.05. The van der Waals surface area contributed by atoms with Gasteiger partial charge in [-0.15, -0.1) is 0 Å². The Morgan fingerprint density at radius 1 is 1.71 bits per heavy atom. The van der Waals surface area contributed by atoms with Crippen molar-refractivity contribution in [3.63, 3.8) is 0 Å². The first-order valence-electron chi connectivity index (χ1n) is 4.78. The minimum Gasteiger partial charge on any atom is -0.366 e. The highest BCUT2D eigenvalue weighted by Gasteiger charge is 2.35. The molecule has 0 amide bonds. The summed E-state index contributed by atoms with van der Waals surface area (Å²) in [5, 5.41) is 3.33. The van der Waals surface area contributed by atoms with Gasteiger partial charge >= 0.3 is 0 Å². The molecule has 0 saturated heterocycles. The van der Waals surface area contributed by atoms with Crippen LogP contribution >= 0.6 is 22.6 Å². The molecular weight excluding hydrogens is 294 g/mol. The zero-order valence-corrected chi connectivity index (χ0v) is 10.1. The van der Waals surface area contributed by atoms with Gasteiger partial charge in [0.1, 0.15) is 11.6 Å². The Hall–Kier alpha value is -0.390. The topological polar surface area (TPSA) is 24.9 Å². The number of hydrogen-bond acceptors (Lipinski definition) is 2. The van der Waals surface area contributed by atoms with E-state index in [0.717, 1.165) is 15.3 Å². The Labute approximate surface area is 96.4 Å². The van der Waals surface area contributed by atoms with Crippen molar-refractivity contribution in [2.75, 3.05) is 5.32 Å². The Kier molecular flexibility index (Phi) is 2.90. The number of nitrogens with one attached hydrogen (secondary N) is 1. The first-order valence-corrected chi connectivity index (χ1v) is 5.86. The molecule has 2 unspecified atom stereocenters. The lowest BCUT2D eigenvalue weighted by Gasteiger charge is -2.06. The van der Waals surface area contributed by atoms with Crippen molar-refractivity contribution in [1.29, 1.82) is 0 Å². The minimum absolute atomic E-state index is 0.275. The van der Waals surface area contributed by atoms with Crippen LogP contribution in [0.1, 0.15) is 19.8 Å². The van der Waals surface area contributed by atoms with Crippen molar-refractivity contribution in [3.05, 3.63) is 21.7 Å². The largest absolute Gasteiger partial charge is 0.366 e.